The number of carbonyl (C=O) groups is 2. The molecule has 6 nitrogen and oxygen atoms in total. The molecule has 2 amide bonds. The predicted octanol–water partition coefficient (Wildman–Crippen LogP) is 1.05. The highest BCUT2D eigenvalue weighted by Crippen LogP contribution is 2.19. The van der Waals surface area contributed by atoms with Crippen LogP contribution in [-0.2, 0) is 16.0 Å². The summed E-state index contributed by atoms with van der Waals surface area (Å²) in [7, 11) is 0. The molecule has 0 aliphatic rings. The number of primary amides is 1. The van der Waals surface area contributed by atoms with Gasteiger partial charge in [-0.25, -0.2) is 0 Å². The Bertz CT molecular complexity index is 693. The third-order valence-corrected chi connectivity index (χ3v) is 3.82. The van der Waals surface area contributed by atoms with Crippen molar-refractivity contribution in [2.45, 2.75) is 38.8 Å². The molecule has 2 atom stereocenters. The van der Waals surface area contributed by atoms with Crippen molar-refractivity contribution in [3.8, 4) is 0 Å². The summed E-state index contributed by atoms with van der Waals surface area (Å²) in [6.07, 6.45) is 2.73. The van der Waals surface area contributed by atoms with Gasteiger partial charge < -0.3 is 21.8 Å². The summed E-state index contributed by atoms with van der Waals surface area (Å²) >= 11 is 0. The zero-order chi connectivity index (χ0) is 17.0. The van der Waals surface area contributed by atoms with Crippen molar-refractivity contribution in [1.29, 1.82) is 0 Å². The number of aromatic amines is 1. The zero-order valence-corrected chi connectivity index (χ0v) is 13.5. The average molecular weight is 316 g/mol. The van der Waals surface area contributed by atoms with E-state index in [2.05, 4.69) is 10.3 Å². The van der Waals surface area contributed by atoms with E-state index >= 15 is 0 Å². The summed E-state index contributed by atoms with van der Waals surface area (Å²) in [6.45, 7) is 3.98. The number of benzene rings is 1. The van der Waals surface area contributed by atoms with Crippen molar-refractivity contribution < 1.29 is 9.59 Å². The monoisotopic (exact) mass is 316 g/mol. The lowest BCUT2D eigenvalue weighted by Crippen LogP contribution is -2.51. The molecule has 6 N–H and O–H groups in total. The fourth-order valence-corrected chi connectivity index (χ4v) is 2.64. The van der Waals surface area contributed by atoms with E-state index in [0.717, 1.165) is 16.5 Å². The molecule has 23 heavy (non-hydrogen) atoms. The molecule has 2 aromatic rings. The van der Waals surface area contributed by atoms with E-state index in [9.17, 15) is 9.59 Å². The maximum absolute atomic E-state index is 12.1. The SMILES string of the molecule is CC(C)C[C@@H](N)C(=O)N[C@@H](Cc1c[nH]c2ccccc12)C(N)=O. The van der Waals surface area contributed by atoms with Gasteiger partial charge in [-0.2, -0.15) is 0 Å². The first-order valence-electron chi connectivity index (χ1n) is 7.78. The molecule has 0 fully saturated rings. The number of hydrogen-bond donors (Lipinski definition) is 4. The van der Waals surface area contributed by atoms with E-state index in [-0.39, 0.29) is 5.91 Å². The highest BCUT2D eigenvalue weighted by molar-refractivity contribution is 5.90. The van der Waals surface area contributed by atoms with Gasteiger partial charge in [0.25, 0.3) is 0 Å². The first kappa shape index (κ1) is 17.0. The minimum atomic E-state index is -0.778. The smallest absolute Gasteiger partial charge is 0.240 e. The van der Waals surface area contributed by atoms with Crippen LogP contribution >= 0.6 is 0 Å². The van der Waals surface area contributed by atoms with Crippen molar-refractivity contribution in [2.24, 2.45) is 17.4 Å². The Morgan fingerprint density at radius 1 is 1.26 bits per heavy atom. The molecule has 2 rings (SSSR count). The first-order valence-corrected chi connectivity index (χ1v) is 7.78. The fourth-order valence-electron chi connectivity index (χ4n) is 2.64. The molecule has 0 spiro atoms. The van der Waals surface area contributed by atoms with E-state index in [1.165, 1.54) is 0 Å². The largest absolute Gasteiger partial charge is 0.368 e. The second kappa shape index (κ2) is 7.28. The van der Waals surface area contributed by atoms with Gasteiger partial charge in [-0.05, 0) is 24.0 Å². The number of hydrogen-bond acceptors (Lipinski definition) is 3. The quantitative estimate of drug-likeness (QED) is 0.612. The summed E-state index contributed by atoms with van der Waals surface area (Å²) < 4.78 is 0. The summed E-state index contributed by atoms with van der Waals surface area (Å²) in [5, 5.41) is 3.69. The van der Waals surface area contributed by atoms with Gasteiger partial charge in [-0.15, -0.1) is 0 Å². The third-order valence-electron chi connectivity index (χ3n) is 3.82. The number of aromatic nitrogens is 1. The van der Waals surface area contributed by atoms with Gasteiger partial charge in [0.15, 0.2) is 0 Å². The van der Waals surface area contributed by atoms with Crippen LogP contribution < -0.4 is 16.8 Å². The number of para-hydroxylation sites is 1. The number of carbonyl (C=O) groups excluding carboxylic acids is 2. The highest BCUT2D eigenvalue weighted by Gasteiger charge is 2.23. The van der Waals surface area contributed by atoms with Crippen molar-refractivity contribution >= 4 is 22.7 Å². The normalized spacial score (nSPS) is 13.9. The summed E-state index contributed by atoms with van der Waals surface area (Å²) in [4.78, 5) is 27.0. The average Bonchev–Trinajstić information content (AvgIpc) is 2.89. The van der Waals surface area contributed by atoms with Gasteiger partial charge in [0.2, 0.25) is 11.8 Å². The Balaban J connectivity index is 2.10. The Morgan fingerprint density at radius 3 is 2.61 bits per heavy atom. The van der Waals surface area contributed by atoms with Crippen LogP contribution in [0.3, 0.4) is 0 Å². The van der Waals surface area contributed by atoms with Crippen molar-refractivity contribution in [2.75, 3.05) is 0 Å². The summed E-state index contributed by atoms with van der Waals surface area (Å²) in [6, 6.07) is 6.36. The molecule has 0 radical (unpaired) electrons. The Morgan fingerprint density at radius 2 is 1.96 bits per heavy atom. The Labute approximate surface area is 135 Å². The van der Waals surface area contributed by atoms with Crippen LogP contribution in [-0.4, -0.2) is 28.9 Å². The van der Waals surface area contributed by atoms with E-state index in [1.807, 2.05) is 44.3 Å². The van der Waals surface area contributed by atoms with Gasteiger partial charge in [0.1, 0.15) is 6.04 Å². The number of amides is 2. The van der Waals surface area contributed by atoms with Crippen LogP contribution in [0.25, 0.3) is 10.9 Å². The van der Waals surface area contributed by atoms with E-state index in [0.29, 0.717) is 18.8 Å². The molecule has 124 valence electrons. The predicted molar refractivity (Wildman–Crippen MR) is 90.6 cm³/mol. The van der Waals surface area contributed by atoms with Crippen LogP contribution in [0.15, 0.2) is 30.5 Å². The number of rotatable bonds is 7. The first-order chi connectivity index (χ1) is 10.9. The molecule has 0 unspecified atom stereocenters. The second-order valence-corrected chi connectivity index (χ2v) is 6.26. The number of H-pyrrole nitrogens is 1. The van der Waals surface area contributed by atoms with Crippen molar-refractivity contribution in [3.63, 3.8) is 0 Å². The minimum absolute atomic E-state index is 0.302. The molecule has 1 heterocycles. The van der Waals surface area contributed by atoms with Crippen LogP contribution in [0.4, 0.5) is 0 Å². The molecule has 0 aliphatic heterocycles. The van der Waals surface area contributed by atoms with Crippen LogP contribution in [0, 0.1) is 5.92 Å². The van der Waals surface area contributed by atoms with Gasteiger partial charge >= 0.3 is 0 Å². The van der Waals surface area contributed by atoms with Crippen molar-refractivity contribution in [3.05, 3.63) is 36.0 Å². The maximum Gasteiger partial charge on any atom is 0.240 e. The molecule has 0 saturated carbocycles. The zero-order valence-electron chi connectivity index (χ0n) is 13.5. The molecule has 1 aromatic heterocycles. The van der Waals surface area contributed by atoms with Gasteiger partial charge in [-0.3, -0.25) is 9.59 Å². The number of nitrogens with one attached hydrogen (secondary N) is 2. The maximum atomic E-state index is 12.1. The number of nitrogens with two attached hydrogens (primary N) is 2. The third kappa shape index (κ3) is 4.32. The van der Waals surface area contributed by atoms with E-state index in [4.69, 9.17) is 11.5 Å². The molecule has 1 aromatic carbocycles. The van der Waals surface area contributed by atoms with Crippen molar-refractivity contribution in [1.82, 2.24) is 10.3 Å². The molecular weight excluding hydrogens is 292 g/mol. The number of fused-ring (bicyclic) bond motifs is 1. The minimum Gasteiger partial charge on any atom is -0.368 e. The molecule has 0 saturated heterocycles. The standard InChI is InChI=1S/C17H24N4O2/c1-10(2)7-13(18)17(23)21-15(16(19)22)8-11-9-20-14-6-4-3-5-12(11)14/h3-6,9-10,13,15,20H,7-8,18H2,1-2H3,(H2,19,22)(H,21,23)/t13-,15+/m1/s1. The second-order valence-electron chi connectivity index (χ2n) is 6.26. The van der Waals surface area contributed by atoms with Crippen LogP contribution in [0.2, 0.25) is 0 Å². The molecule has 0 aliphatic carbocycles. The Hall–Kier alpha value is -2.34. The van der Waals surface area contributed by atoms with Crippen LogP contribution in [0.5, 0.6) is 0 Å². The Kier molecular flexibility index (Phi) is 5.39. The lowest BCUT2D eigenvalue weighted by molar-refractivity contribution is -0.128. The summed E-state index contributed by atoms with van der Waals surface area (Å²) in [5.74, 6) is -0.612. The van der Waals surface area contributed by atoms with E-state index in [1.54, 1.807) is 0 Å². The van der Waals surface area contributed by atoms with Crippen LogP contribution in [0.1, 0.15) is 25.8 Å². The van der Waals surface area contributed by atoms with Gasteiger partial charge in [0, 0.05) is 23.5 Å². The highest BCUT2D eigenvalue weighted by atomic mass is 16.2. The summed E-state index contributed by atoms with van der Waals surface area (Å²) in [5.41, 5.74) is 13.2. The molecule has 0 bridgehead atoms. The van der Waals surface area contributed by atoms with E-state index < -0.39 is 18.0 Å². The van der Waals surface area contributed by atoms with Gasteiger partial charge in [-0.1, -0.05) is 32.0 Å². The molecular formula is C17H24N4O2. The topological polar surface area (TPSA) is 114 Å². The van der Waals surface area contributed by atoms with Gasteiger partial charge in [0.05, 0.1) is 6.04 Å². The fraction of sp³-hybridized carbons (Fsp3) is 0.412. The lowest BCUT2D eigenvalue weighted by atomic mass is 10.0. The molecule has 6 heteroatoms. The lowest BCUT2D eigenvalue weighted by Gasteiger charge is -2.19.